The van der Waals surface area contributed by atoms with Crippen LogP contribution < -0.4 is 10.5 Å². The first-order valence-electron chi connectivity index (χ1n) is 5.69. The third-order valence-electron chi connectivity index (χ3n) is 2.66. The number of nitrogens with one attached hydrogen (secondary N) is 1. The van der Waals surface area contributed by atoms with E-state index in [0.717, 1.165) is 12.8 Å². The molecular formula is C10H22N2O3S. The number of ether oxygens (including phenoxy) is 1. The Kier molecular flexibility index (Phi) is 4.73. The minimum atomic E-state index is -3.18. The highest BCUT2D eigenvalue weighted by Crippen LogP contribution is 2.24. The Morgan fingerprint density at radius 1 is 1.50 bits per heavy atom. The van der Waals surface area contributed by atoms with Crippen molar-refractivity contribution in [2.75, 3.05) is 18.9 Å². The lowest BCUT2D eigenvalue weighted by molar-refractivity contribution is -0.0599. The van der Waals surface area contributed by atoms with Gasteiger partial charge in [-0.05, 0) is 39.7 Å². The molecule has 1 unspecified atom stereocenters. The summed E-state index contributed by atoms with van der Waals surface area (Å²) in [4.78, 5) is 0. The van der Waals surface area contributed by atoms with Crippen LogP contribution in [0.2, 0.25) is 0 Å². The average molecular weight is 250 g/mol. The molecule has 1 heterocycles. The predicted molar refractivity (Wildman–Crippen MR) is 63.6 cm³/mol. The van der Waals surface area contributed by atoms with E-state index in [1.807, 2.05) is 13.8 Å². The summed E-state index contributed by atoms with van der Waals surface area (Å²) in [6.45, 7) is 4.97. The molecule has 0 aromatic heterocycles. The van der Waals surface area contributed by atoms with Gasteiger partial charge in [-0.1, -0.05) is 0 Å². The number of sulfonamides is 1. The molecule has 1 aliphatic rings. The SMILES string of the molecule is CC1(C)CC(NS(=O)(=O)CCCN)CCO1. The van der Waals surface area contributed by atoms with Gasteiger partial charge in [-0.3, -0.25) is 0 Å². The van der Waals surface area contributed by atoms with E-state index in [2.05, 4.69) is 4.72 Å². The summed E-state index contributed by atoms with van der Waals surface area (Å²) in [6, 6.07) is -0.00785. The Hall–Kier alpha value is -0.170. The molecule has 1 aliphatic heterocycles. The summed E-state index contributed by atoms with van der Waals surface area (Å²) < 4.78 is 31.6. The summed E-state index contributed by atoms with van der Waals surface area (Å²) in [5.74, 6) is 0.112. The fourth-order valence-electron chi connectivity index (χ4n) is 1.92. The van der Waals surface area contributed by atoms with Crippen LogP contribution in [0, 0.1) is 0 Å². The Bertz CT molecular complexity index is 314. The molecule has 3 N–H and O–H groups in total. The lowest BCUT2D eigenvalue weighted by Crippen LogP contribution is -2.46. The van der Waals surface area contributed by atoms with Crippen LogP contribution in [-0.2, 0) is 14.8 Å². The molecular weight excluding hydrogens is 228 g/mol. The van der Waals surface area contributed by atoms with Crippen molar-refractivity contribution in [3.63, 3.8) is 0 Å². The van der Waals surface area contributed by atoms with Crippen molar-refractivity contribution < 1.29 is 13.2 Å². The second-order valence-corrected chi connectivity index (χ2v) is 6.75. The van der Waals surface area contributed by atoms with Gasteiger partial charge in [-0.15, -0.1) is 0 Å². The van der Waals surface area contributed by atoms with Crippen LogP contribution in [0.3, 0.4) is 0 Å². The smallest absolute Gasteiger partial charge is 0.211 e. The first kappa shape index (κ1) is 13.9. The average Bonchev–Trinajstić information content (AvgIpc) is 2.12. The van der Waals surface area contributed by atoms with Gasteiger partial charge < -0.3 is 10.5 Å². The highest BCUT2D eigenvalue weighted by molar-refractivity contribution is 7.89. The molecule has 0 spiro atoms. The van der Waals surface area contributed by atoms with E-state index in [9.17, 15) is 8.42 Å². The minimum absolute atomic E-state index is 0.00785. The molecule has 1 atom stereocenters. The molecule has 0 aliphatic carbocycles. The van der Waals surface area contributed by atoms with Crippen molar-refractivity contribution in [1.29, 1.82) is 0 Å². The summed E-state index contributed by atoms with van der Waals surface area (Å²) in [5.41, 5.74) is 5.06. The molecule has 16 heavy (non-hydrogen) atoms. The Morgan fingerprint density at radius 2 is 2.19 bits per heavy atom. The molecule has 0 aromatic carbocycles. The molecule has 1 fully saturated rings. The number of rotatable bonds is 5. The lowest BCUT2D eigenvalue weighted by atomic mass is 9.95. The summed E-state index contributed by atoms with van der Waals surface area (Å²) in [6.07, 6.45) is 1.96. The quantitative estimate of drug-likeness (QED) is 0.731. The third kappa shape index (κ3) is 4.78. The van der Waals surface area contributed by atoms with Crippen LogP contribution in [0.5, 0.6) is 0 Å². The van der Waals surface area contributed by atoms with Crippen LogP contribution in [0.25, 0.3) is 0 Å². The van der Waals surface area contributed by atoms with E-state index in [1.165, 1.54) is 0 Å². The van der Waals surface area contributed by atoms with Crippen LogP contribution in [0.1, 0.15) is 33.1 Å². The van der Waals surface area contributed by atoms with Crippen LogP contribution in [-0.4, -0.2) is 39.0 Å². The van der Waals surface area contributed by atoms with Crippen molar-refractivity contribution in [3.05, 3.63) is 0 Å². The maximum atomic E-state index is 11.7. The first-order valence-corrected chi connectivity index (χ1v) is 7.34. The molecule has 0 aromatic rings. The zero-order chi connectivity index (χ0) is 12.2. The van der Waals surface area contributed by atoms with Gasteiger partial charge in [0.05, 0.1) is 11.4 Å². The molecule has 0 radical (unpaired) electrons. The molecule has 5 nitrogen and oxygen atoms in total. The van der Waals surface area contributed by atoms with Crippen LogP contribution in [0.15, 0.2) is 0 Å². The molecule has 0 saturated carbocycles. The zero-order valence-corrected chi connectivity index (χ0v) is 10.8. The van der Waals surface area contributed by atoms with Crippen molar-refractivity contribution in [1.82, 2.24) is 4.72 Å². The molecule has 1 rings (SSSR count). The number of hydrogen-bond acceptors (Lipinski definition) is 4. The van der Waals surface area contributed by atoms with Crippen molar-refractivity contribution in [2.45, 2.75) is 44.8 Å². The Morgan fingerprint density at radius 3 is 2.75 bits per heavy atom. The van der Waals surface area contributed by atoms with Gasteiger partial charge in [0.25, 0.3) is 0 Å². The largest absolute Gasteiger partial charge is 0.375 e. The Labute approximate surface area is 97.8 Å². The summed E-state index contributed by atoms with van der Waals surface area (Å²) in [5, 5.41) is 0. The Balaban J connectivity index is 2.47. The second-order valence-electron chi connectivity index (χ2n) is 4.88. The van der Waals surface area contributed by atoms with Gasteiger partial charge in [0, 0.05) is 12.6 Å². The molecule has 0 amide bonds. The highest BCUT2D eigenvalue weighted by Gasteiger charge is 2.30. The van der Waals surface area contributed by atoms with Gasteiger partial charge in [0.15, 0.2) is 0 Å². The highest BCUT2D eigenvalue weighted by atomic mass is 32.2. The van der Waals surface area contributed by atoms with Gasteiger partial charge in [0.1, 0.15) is 0 Å². The van der Waals surface area contributed by atoms with Gasteiger partial charge in [-0.2, -0.15) is 0 Å². The first-order chi connectivity index (χ1) is 7.35. The maximum absolute atomic E-state index is 11.7. The van der Waals surface area contributed by atoms with Gasteiger partial charge in [0.2, 0.25) is 10.0 Å². The summed E-state index contributed by atoms with van der Waals surface area (Å²) in [7, 11) is -3.18. The van der Waals surface area contributed by atoms with Gasteiger partial charge in [-0.25, -0.2) is 13.1 Å². The standard InChI is InChI=1S/C10H22N2O3S/c1-10(2)8-9(4-6-15-10)12-16(13,14)7-3-5-11/h9,12H,3-8,11H2,1-2H3. The zero-order valence-electron chi connectivity index (χ0n) is 10.0. The van der Waals surface area contributed by atoms with Crippen LogP contribution >= 0.6 is 0 Å². The van der Waals surface area contributed by atoms with E-state index in [-0.39, 0.29) is 17.4 Å². The van der Waals surface area contributed by atoms with Crippen molar-refractivity contribution >= 4 is 10.0 Å². The summed E-state index contributed by atoms with van der Waals surface area (Å²) >= 11 is 0. The molecule has 1 saturated heterocycles. The van der Waals surface area contributed by atoms with E-state index in [1.54, 1.807) is 0 Å². The third-order valence-corrected chi connectivity index (χ3v) is 4.18. The normalized spacial score (nSPS) is 25.6. The molecule has 96 valence electrons. The van der Waals surface area contributed by atoms with E-state index in [4.69, 9.17) is 10.5 Å². The fourth-order valence-corrected chi connectivity index (χ4v) is 3.29. The molecule has 0 bridgehead atoms. The maximum Gasteiger partial charge on any atom is 0.211 e. The topological polar surface area (TPSA) is 81.4 Å². The van der Waals surface area contributed by atoms with Crippen LogP contribution in [0.4, 0.5) is 0 Å². The van der Waals surface area contributed by atoms with E-state index >= 15 is 0 Å². The van der Waals surface area contributed by atoms with E-state index in [0.29, 0.717) is 19.6 Å². The second kappa shape index (κ2) is 5.44. The fraction of sp³-hybridized carbons (Fsp3) is 1.00. The molecule has 6 heteroatoms. The van der Waals surface area contributed by atoms with Gasteiger partial charge >= 0.3 is 0 Å². The van der Waals surface area contributed by atoms with Crippen molar-refractivity contribution in [2.24, 2.45) is 5.73 Å². The lowest BCUT2D eigenvalue weighted by Gasteiger charge is -2.35. The number of nitrogens with two attached hydrogens (primary N) is 1. The number of hydrogen-bond donors (Lipinski definition) is 2. The monoisotopic (exact) mass is 250 g/mol. The van der Waals surface area contributed by atoms with Crippen molar-refractivity contribution in [3.8, 4) is 0 Å². The minimum Gasteiger partial charge on any atom is -0.375 e. The van der Waals surface area contributed by atoms with E-state index < -0.39 is 10.0 Å². The predicted octanol–water partition coefficient (Wildman–Crippen LogP) is 0.212.